The van der Waals surface area contributed by atoms with Gasteiger partial charge in [-0.25, -0.2) is 0 Å². The predicted molar refractivity (Wildman–Crippen MR) is 129 cm³/mol. The summed E-state index contributed by atoms with van der Waals surface area (Å²) in [5.74, 6) is -1.94. The molecule has 32 heavy (non-hydrogen) atoms. The number of aryl methyl sites for hydroxylation is 1. The first-order valence-corrected chi connectivity index (χ1v) is 13.1. The van der Waals surface area contributed by atoms with E-state index in [1.54, 1.807) is 12.1 Å². The third kappa shape index (κ3) is 4.28. The van der Waals surface area contributed by atoms with Crippen molar-refractivity contribution in [3.8, 4) is 0 Å². The van der Waals surface area contributed by atoms with E-state index in [2.05, 4.69) is 53.1 Å². The summed E-state index contributed by atoms with van der Waals surface area (Å²) >= 11 is 16.7. The van der Waals surface area contributed by atoms with Gasteiger partial charge in [-0.05, 0) is 58.8 Å². The van der Waals surface area contributed by atoms with Gasteiger partial charge in [0.15, 0.2) is 6.61 Å². The highest BCUT2D eigenvalue weighted by molar-refractivity contribution is 9.12. The van der Waals surface area contributed by atoms with E-state index in [0.717, 1.165) is 12.0 Å². The number of carbonyl (C=O) groups is 4. The minimum Gasteiger partial charge on any atom is -0.456 e. The molecule has 172 valence electrons. The molecule has 2 saturated carbocycles. The molecule has 0 radical (unpaired) electrons. The molecule has 11 heteroatoms. The number of carbonyl (C=O) groups excluding carboxylic acids is 4. The van der Waals surface area contributed by atoms with Crippen LogP contribution in [0.3, 0.4) is 0 Å². The molecule has 0 unspecified atom stereocenters. The van der Waals surface area contributed by atoms with E-state index in [0.29, 0.717) is 15.2 Å². The summed E-state index contributed by atoms with van der Waals surface area (Å²) in [5, 5.41) is 3.09. The van der Waals surface area contributed by atoms with Gasteiger partial charge >= 0.3 is 5.97 Å². The van der Waals surface area contributed by atoms with Crippen LogP contribution >= 0.6 is 59.4 Å². The van der Waals surface area contributed by atoms with Crippen molar-refractivity contribution in [3.63, 3.8) is 0 Å². The number of rotatable bonds is 6. The van der Waals surface area contributed by atoms with E-state index < -0.39 is 18.5 Å². The number of alkyl halides is 2. The van der Waals surface area contributed by atoms with Crippen LogP contribution in [0.2, 0.25) is 5.02 Å². The average Bonchev–Trinajstić information content (AvgIpc) is 3.34. The zero-order valence-corrected chi connectivity index (χ0v) is 22.5. The first-order valence-electron chi connectivity index (χ1n) is 10.1. The number of imide groups is 1. The predicted octanol–water partition coefficient (Wildman–Crippen LogP) is 4.06. The van der Waals surface area contributed by atoms with E-state index in [-0.39, 0.29) is 58.1 Å². The van der Waals surface area contributed by atoms with Gasteiger partial charge < -0.3 is 10.1 Å². The molecular formula is C21H20Br3ClN2O5. The van der Waals surface area contributed by atoms with Crippen LogP contribution in [0.4, 0.5) is 5.69 Å². The first-order chi connectivity index (χ1) is 15.1. The SMILES string of the molecule is Cc1cc(Br)c(Cl)cc1NC(=O)COC(=O)CCN1C(=O)[C@@H]2[C@H]3C[C@@H]([C@H](Br)[C@@H]3Br)[C@@H]2C1=O. The molecule has 1 aromatic carbocycles. The lowest BCUT2D eigenvalue weighted by atomic mass is 9.81. The number of amides is 3. The smallest absolute Gasteiger partial charge is 0.308 e. The maximum absolute atomic E-state index is 12.8. The number of hydrogen-bond acceptors (Lipinski definition) is 5. The number of halogens is 4. The Kier molecular flexibility index (Phi) is 7.06. The maximum Gasteiger partial charge on any atom is 0.308 e. The Morgan fingerprint density at radius 2 is 1.75 bits per heavy atom. The van der Waals surface area contributed by atoms with Gasteiger partial charge in [-0.1, -0.05) is 43.5 Å². The minimum absolute atomic E-state index is 0.0358. The molecule has 1 saturated heterocycles. The molecule has 7 nitrogen and oxygen atoms in total. The Morgan fingerprint density at radius 3 is 2.34 bits per heavy atom. The van der Waals surface area contributed by atoms with Crippen LogP contribution in [-0.2, 0) is 23.9 Å². The maximum atomic E-state index is 12.8. The van der Waals surface area contributed by atoms with E-state index in [1.165, 1.54) is 4.90 Å². The highest BCUT2D eigenvalue weighted by Gasteiger charge is 2.66. The van der Waals surface area contributed by atoms with Crippen molar-refractivity contribution in [1.82, 2.24) is 4.90 Å². The Morgan fingerprint density at radius 1 is 1.16 bits per heavy atom. The van der Waals surface area contributed by atoms with E-state index in [9.17, 15) is 19.2 Å². The Hall–Kier alpha value is -0.970. The molecule has 1 N–H and O–H groups in total. The fourth-order valence-electron chi connectivity index (χ4n) is 5.02. The number of benzene rings is 1. The van der Waals surface area contributed by atoms with Crippen LogP contribution in [-0.4, -0.2) is 51.4 Å². The number of esters is 1. The first kappa shape index (κ1) is 24.2. The van der Waals surface area contributed by atoms with Crippen LogP contribution in [0.15, 0.2) is 16.6 Å². The van der Waals surface area contributed by atoms with Crippen molar-refractivity contribution in [2.75, 3.05) is 18.5 Å². The summed E-state index contributed by atoms with van der Waals surface area (Å²) in [6, 6.07) is 3.37. The summed E-state index contributed by atoms with van der Waals surface area (Å²) in [7, 11) is 0. The van der Waals surface area contributed by atoms with E-state index >= 15 is 0 Å². The van der Waals surface area contributed by atoms with Gasteiger partial charge in [-0.15, -0.1) is 0 Å². The van der Waals surface area contributed by atoms with Gasteiger partial charge in [0.1, 0.15) is 0 Å². The fraction of sp³-hybridized carbons (Fsp3) is 0.524. The molecule has 0 spiro atoms. The monoisotopic (exact) mass is 652 g/mol. The molecule has 0 aromatic heterocycles. The second-order valence-corrected chi connectivity index (χ2v) is 11.7. The van der Waals surface area contributed by atoms with Crippen molar-refractivity contribution in [2.24, 2.45) is 23.7 Å². The number of fused-ring (bicyclic) bond motifs is 5. The van der Waals surface area contributed by atoms with Crippen LogP contribution in [0.1, 0.15) is 18.4 Å². The third-order valence-electron chi connectivity index (χ3n) is 6.52. The molecule has 1 aromatic rings. The lowest BCUT2D eigenvalue weighted by Crippen LogP contribution is -2.37. The molecule has 2 aliphatic carbocycles. The normalized spacial score (nSPS) is 30.6. The molecule has 3 amide bonds. The Bertz CT molecular complexity index is 974. The van der Waals surface area contributed by atoms with Crippen LogP contribution in [0, 0.1) is 30.6 Å². The molecule has 1 aliphatic heterocycles. The summed E-state index contributed by atoms with van der Waals surface area (Å²) in [6.07, 6.45) is 0.699. The highest BCUT2D eigenvalue weighted by atomic mass is 79.9. The Labute approximate surface area is 215 Å². The van der Waals surface area contributed by atoms with Crippen LogP contribution in [0.25, 0.3) is 0 Å². The number of hydrogen-bond donors (Lipinski definition) is 1. The number of ether oxygens (including phenoxy) is 1. The number of nitrogens with zero attached hydrogens (tertiary/aromatic N) is 1. The number of nitrogens with one attached hydrogen (secondary N) is 1. The summed E-state index contributed by atoms with van der Waals surface area (Å²) in [6.45, 7) is 1.30. The zero-order valence-electron chi connectivity index (χ0n) is 16.9. The van der Waals surface area contributed by atoms with Crippen molar-refractivity contribution >= 4 is 88.8 Å². The van der Waals surface area contributed by atoms with Crippen molar-refractivity contribution in [2.45, 2.75) is 29.4 Å². The second kappa shape index (κ2) is 9.35. The molecule has 3 fully saturated rings. The second-order valence-electron chi connectivity index (χ2n) is 8.37. The molecule has 4 rings (SSSR count). The number of anilines is 1. The van der Waals surface area contributed by atoms with Crippen molar-refractivity contribution in [1.29, 1.82) is 0 Å². The lowest BCUT2D eigenvalue weighted by Gasteiger charge is -2.28. The molecule has 1 heterocycles. The quantitative estimate of drug-likeness (QED) is 0.284. The summed E-state index contributed by atoms with van der Waals surface area (Å²) in [4.78, 5) is 51.5. The molecule has 3 aliphatic rings. The minimum atomic E-state index is -0.650. The summed E-state index contributed by atoms with van der Waals surface area (Å²) in [5.41, 5.74) is 1.31. The van der Waals surface area contributed by atoms with E-state index in [4.69, 9.17) is 16.3 Å². The van der Waals surface area contributed by atoms with Crippen LogP contribution in [0.5, 0.6) is 0 Å². The van der Waals surface area contributed by atoms with Crippen molar-refractivity contribution in [3.05, 3.63) is 27.2 Å². The third-order valence-corrected chi connectivity index (χ3v) is 10.9. The standard InChI is InChI=1S/C21H20Br3ClN2O5/c1-8-4-11(22)12(25)6-13(8)26-14(28)7-32-15(29)2-3-27-20(30)16-9-5-10(17(16)21(27)31)19(24)18(9)23/h4,6,9-10,16-19H,2-3,5,7H2,1H3,(H,26,28)/t9-,10-,16-,17+,18-,19+/m1/s1. The lowest BCUT2D eigenvalue weighted by molar-refractivity contribution is -0.149. The van der Waals surface area contributed by atoms with Gasteiger partial charge in [-0.2, -0.15) is 0 Å². The van der Waals surface area contributed by atoms with Gasteiger partial charge in [0.2, 0.25) is 11.8 Å². The topological polar surface area (TPSA) is 92.8 Å². The largest absolute Gasteiger partial charge is 0.456 e. The average molecular weight is 656 g/mol. The van der Waals surface area contributed by atoms with Gasteiger partial charge in [-0.3, -0.25) is 24.1 Å². The zero-order chi connectivity index (χ0) is 23.3. The fourth-order valence-corrected chi connectivity index (χ4v) is 7.51. The van der Waals surface area contributed by atoms with E-state index in [1.807, 2.05) is 6.92 Å². The van der Waals surface area contributed by atoms with Crippen LogP contribution < -0.4 is 5.32 Å². The Balaban J connectivity index is 1.27. The molecule has 6 atom stereocenters. The highest BCUT2D eigenvalue weighted by Crippen LogP contribution is 2.60. The summed E-state index contributed by atoms with van der Waals surface area (Å²) < 4.78 is 5.74. The van der Waals surface area contributed by atoms with Crippen molar-refractivity contribution < 1.29 is 23.9 Å². The molecule has 2 bridgehead atoms. The van der Waals surface area contributed by atoms with Gasteiger partial charge in [0.05, 0.1) is 23.3 Å². The van der Waals surface area contributed by atoms with Gasteiger partial charge in [0.25, 0.3) is 5.91 Å². The number of likely N-dealkylation sites (tertiary alicyclic amines) is 1. The van der Waals surface area contributed by atoms with Gasteiger partial charge in [0, 0.05) is 26.4 Å². The molecular weight excluding hydrogens is 635 g/mol.